The van der Waals surface area contributed by atoms with Gasteiger partial charge < -0.3 is 10.2 Å². The Hall–Kier alpha value is -0.860. The zero-order valence-corrected chi connectivity index (χ0v) is 10.4. The van der Waals surface area contributed by atoms with Gasteiger partial charge in [0.1, 0.15) is 0 Å². The fourth-order valence-corrected chi connectivity index (χ4v) is 2.69. The van der Waals surface area contributed by atoms with E-state index in [4.69, 9.17) is 0 Å². The molecule has 1 aliphatic heterocycles. The van der Waals surface area contributed by atoms with Crippen LogP contribution in [0.25, 0.3) is 0 Å². The molecule has 92 valence electrons. The molecular formula is C15H22N2. The molecule has 0 bridgehead atoms. The molecule has 1 aromatic carbocycles. The molecule has 1 unspecified atom stereocenters. The molecule has 0 spiro atoms. The molecule has 1 aromatic rings. The van der Waals surface area contributed by atoms with Gasteiger partial charge in [0.05, 0.1) is 0 Å². The van der Waals surface area contributed by atoms with E-state index >= 15 is 0 Å². The van der Waals surface area contributed by atoms with Crippen molar-refractivity contribution in [1.82, 2.24) is 10.2 Å². The van der Waals surface area contributed by atoms with Gasteiger partial charge in [-0.05, 0) is 24.4 Å². The molecule has 2 heteroatoms. The van der Waals surface area contributed by atoms with E-state index in [1.54, 1.807) is 0 Å². The number of nitrogens with one attached hydrogen (secondary N) is 1. The highest BCUT2D eigenvalue weighted by atomic mass is 15.2. The second-order valence-electron chi connectivity index (χ2n) is 5.45. The van der Waals surface area contributed by atoms with Gasteiger partial charge in [-0.15, -0.1) is 0 Å². The smallest absolute Gasteiger partial charge is 0.0449 e. The third-order valence-electron chi connectivity index (χ3n) is 4.01. The zero-order chi connectivity index (χ0) is 11.5. The van der Waals surface area contributed by atoms with Crippen molar-refractivity contribution >= 4 is 0 Å². The van der Waals surface area contributed by atoms with E-state index in [9.17, 15) is 0 Å². The van der Waals surface area contributed by atoms with Crippen LogP contribution in [-0.4, -0.2) is 31.1 Å². The number of rotatable bonds is 4. The van der Waals surface area contributed by atoms with Gasteiger partial charge in [-0.1, -0.05) is 43.2 Å². The fraction of sp³-hybridized carbons (Fsp3) is 0.600. The molecule has 0 radical (unpaired) electrons. The van der Waals surface area contributed by atoms with Crippen LogP contribution in [-0.2, 0) is 0 Å². The Morgan fingerprint density at radius 3 is 2.76 bits per heavy atom. The van der Waals surface area contributed by atoms with Gasteiger partial charge in [0.15, 0.2) is 0 Å². The Morgan fingerprint density at radius 1 is 1.18 bits per heavy atom. The van der Waals surface area contributed by atoms with Crippen molar-refractivity contribution in [3.8, 4) is 0 Å². The molecule has 3 rings (SSSR count). The average molecular weight is 230 g/mol. The number of benzene rings is 1. The van der Waals surface area contributed by atoms with E-state index in [2.05, 4.69) is 40.5 Å². The highest BCUT2D eigenvalue weighted by molar-refractivity contribution is 5.19. The van der Waals surface area contributed by atoms with Crippen LogP contribution in [0.3, 0.4) is 0 Å². The van der Waals surface area contributed by atoms with Crippen molar-refractivity contribution in [3.05, 3.63) is 35.9 Å². The van der Waals surface area contributed by atoms with E-state index in [0.717, 1.165) is 12.5 Å². The molecule has 2 fully saturated rings. The maximum atomic E-state index is 3.63. The monoisotopic (exact) mass is 230 g/mol. The highest BCUT2D eigenvalue weighted by Crippen LogP contribution is 2.32. The predicted octanol–water partition coefficient (Wildman–Crippen LogP) is 2.43. The van der Waals surface area contributed by atoms with Gasteiger partial charge in [0.25, 0.3) is 0 Å². The number of hydrogen-bond acceptors (Lipinski definition) is 2. The maximum absolute atomic E-state index is 3.63. The van der Waals surface area contributed by atoms with E-state index < -0.39 is 0 Å². The van der Waals surface area contributed by atoms with Crippen molar-refractivity contribution in [2.75, 3.05) is 26.2 Å². The third kappa shape index (κ3) is 3.08. The van der Waals surface area contributed by atoms with Crippen LogP contribution < -0.4 is 5.32 Å². The van der Waals surface area contributed by atoms with Crippen LogP contribution in [0, 0.1) is 5.92 Å². The topological polar surface area (TPSA) is 15.3 Å². The van der Waals surface area contributed by atoms with Crippen molar-refractivity contribution < 1.29 is 0 Å². The lowest BCUT2D eigenvalue weighted by molar-refractivity contribution is 0.196. The van der Waals surface area contributed by atoms with Gasteiger partial charge in [0, 0.05) is 25.7 Å². The van der Waals surface area contributed by atoms with Gasteiger partial charge in [-0.25, -0.2) is 0 Å². The summed E-state index contributed by atoms with van der Waals surface area (Å²) in [6.07, 6.45) is 4.38. The fourth-order valence-electron chi connectivity index (χ4n) is 2.69. The Kier molecular flexibility index (Phi) is 3.44. The van der Waals surface area contributed by atoms with Crippen LogP contribution in [0.1, 0.15) is 30.9 Å². The second kappa shape index (κ2) is 5.19. The lowest BCUT2D eigenvalue weighted by atomic mass is 10.0. The van der Waals surface area contributed by atoms with Crippen molar-refractivity contribution in [3.63, 3.8) is 0 Å². The van der Waals surface area contributed by atoms with Crippen LogP contribution in [0.5, 0.6) is 0 Å². The second-order valence-corrected chi connectivity index (χ2v) is 5.45. The van der Waals surface area contributed by atoms with Gasteiger partial charge in [0.2, 0.25) is 0 Å². The standard InChI is InChI=1S/C15H22N2/c1-2-4-14(5-3-1)15-12-17(11-9-16-15)10-8-13-6-7-13/h1-5,13,15-16H,6-12H2. The predicted molar refractivity (Wildman–Crippen MR) is 71.0 cm³/mol. The molecule has 17 heavy (non-hydrogen) atoms. The molecule has 1 atom stereocenters. The minimum absolute atomic E-state index is 0.532. The van der Waals surface area contributed by atoms with Gasteiger partial charge in [-0.3, -0.25) is 0 Å². The minimum atomic E-state index is 0.532. The summed E-state index contributed by atoms with van der Waals surface area (Å²) >= 11 is 0. The molecule has 0 amide bonds. The molecule has 1 N–H and O–H groups in total. The highest BCUT2D eigenvalue weighted by Gasteiger charge is 2.24. The Balaban J connectivity index is 1.55. The summed E-state index contributed by atoms with van der Waals surface area (Å²) in [6.45, 7) is 4.83. The number of piperazine rings is 1. The van der Waals surface area contributed by atoms with Gasteiger partial charge in [-0.2, -0.15) is 0 Å². The first kappa shape index (κ1) is 11.2. The maximum Gasteiger partial charge on any atom is 0.0449 e. The lowest BCUT2D eigenvalue weighted by Gasteiger charge is -2.34. The lowest BCUT2D eigenvalue weighted by Crippen LogP contribution is -2.46. The Labute approximate surface area is 104 Å². The molecule has 2 nitrogen and oxygen atoms in total. The van der Waals surface area contributed by atoms with E-state index in [1.807, 2.05) is 0 Å². The van der Waals surface area contributed by atoms with Crippen molar-refractivity contribution in [1.29, 1.82) is 0 Å². The zero-order valence-electron chi connectivity index (χ0n) is 10.4. The normalized spacial score (nSPS) is 26.0. The summed E-state index contributed by atoms with van der Waals surface area (Å²) in [6, 6.07) is 11.4. The van der Waals surface area contributed by atoms with Crippen LogP contribution in [0.15, 0.2) is 30.3 Å². The molecular weight excluding hydrogens is 208 g/mol. The summed E-state index contributed by atoms with van der Waals surface area (Å²) in [5.74, 6) is 1.06. The van der Waals surface area contributed by atoms with Crippen LogP contribution in [0.2, 0.25) is 0 Å². The first-order chi connectivity index (χ1) is 8.42. The molecule has 0 aromatic heterocycles. The minimum Gasteiger partial charge on any atom is -0.308 e. The van der Waals surface area contributed by atoms with Crippen molar-refractivity contribution in [2.24, 2.45) is 5.92 Å². The Morgan fingerprint density at radius 2 is 2.00 bits per heavy atom. The molecule has 1 aliphatic carbocycles. The van der Waals surface area contributed by atoms with Crippen molar-refractivity contribution in [2.45, 2.75) is 25.3 Å². The van der Waals surface area contributed by atoms with E-state index in [1.165, 1.54) is 44.5 Å². The Bertz CT molecular complexity index is 345. The summed E-state index contributed by atoms with van der Waals surface area (Å²) in [5, 5.41) is 3.63. The summed E-state index contributed by atoms with van der Waals surface area (Å²) in [4.78, 5) is 2.63. The quantitative estimate of drug-likeness (QED) is 0.854. The largest absolute Gasteiger partial charge is 0.308 e. The summed E-state index contributed by atoms with van der Waals surface area (Å²) < 4.78 is 0. The number of nitrogens with zero attached hydrogens (tertiary/aromatic N) is 1. The summed E-state index contributed by atoms with van der Waals surface area (Å²) in [5.41, 5.74) is 1.43. The number of hydrogen-bond donors (Lipinski definition) is 1. The SMILES string of the molecule is c1ccc(C2CN(CCC3CC3)CCN2)cc1. The molecule has 1 saturated heterocycles. The first-order valence-corrected chi connectivity index (χ1v) is 6.92. The van der Waals surface area contributed by atoms with E-state index in [0.29, 0.717) is 6.04 Å². The van der Waals surface area contributed by atoms with Gasteiger partial charge >= 0.3 is 0 Å². The third-order valence-corrected chi connectivity index (χ3v) is 4.01. The van der Waals surface area contributed by atoms with Crippen LogP contribution >= 0.6 is 0 Å². The van der Waals surface area contributed by atoms with E-state index in [-0.39, 0.29) is 0 Å². The molecule has 2 aliphatic rings. The first-order valence-electron chi connectivity index (χ1n) is 6.92. The average Bonchev–Trinajstić information content (AvgIpc) is 3.22. The summed E-state index contributed by atoms with van der Waals surface area (Å²) in [7, 11) is 0. The molecule has 1 heterocycles. The molecule has 1 saturated carbocycles. The van der Waals surface area contributed by atoms with Crippen LogP contribution in [0.4, 0.5) is 0 Å².